The fourth-order valence-corrected chi connectivity index (χ4v) is 4.09. The molecule has 0 radical (unpaired) electrons. The standard InChI is InChI=1S/C20H19BrN4O4S/c1-4-8-23-18(26)24(9-5-2)20(28)25(19(23)27)11-14-12-30-17(22-14)15-10-13(21)6-7-16(15)29-3/h4-7,10,12H,1-2,8-9,11H2,3H3. The molecule has 0 aliphatic heterocycles. The molecule has 3 rings (SSSR count). The highest BCUT2D eigenvalue weighted by Crippen LogP contribution is 2.34. The number of ether oxygens (including phenoxy) is 1. The molecule has 156 valence electrons. The lowest BCUT2D eigenvalue weighted by Crippen LogP contribution is -2.54. The number of halogens is 1. The van der Waals surface area contributed by atoms with E-state index in [0.29, 0.717) is 16.5 Å². The molecule has 3 aromatic rings. The van der Waals surface area contributed by atoms with Crippen LogP contribution in [0.5, 0.6) is 5.75 Å². The van der Waals surface area contributed by atoms with Gasteiger partial charge in [0.2, 0.25) is 0 Å². The summed E-state index contributed by atoms with van der Waals surface area (Å²) in [6.45, 7) is 7.05. The van der Waals surface area contributed by atoms with Crippen molar-refractivity contribution in [2.24, 2.45) is 0 Å². The maximum Gasteiger partial charge on any atom is 0.336 e. The Labute approximate surface area is 184 Å². The first-order valence-electron chi connectivity index (χ1n) is 8.85. The Kier molecular flexibility index (Phi) is 6.68. The number of allylic oxidation sites excluding steroid dienone is 2. The zero-order valence-electron chi connectivity index (χ0n) is 16.2. The highest BCUT2D eigenvalue weighted by Gasteiger charge is 2.17. The maximum absolute atomic E-state index is 12.8. The summed E-state index contributed by atoms with van der Waals surface area (Å²) in [5.74, 6) is 0.657. The summed E-state index contributed by atoms with van der Waals surface area (Å²) in [5.41, 5.74) is -0.806. The zero-order chi connectivity index (χ0) is 21.8. The van der Waals surface area contributed by atoms with Gasteiger partial charge in [0, 0.05) is 9.85 Å². The molecular weight excluding hydrogens is 472 g/mol. The zero-order valence-corrected chi connectivity index (χ0v) is 18.6. The van der Waals surface area contributed by atoms with Crippen LogP contribution in [-0.2, 0) is 19.6 Å². The molecule has 0 fully saturated rings. The summed E-state index contributed by atoms with van der Waals surface area (Å²) in [4.78, 5) is 42.6. The molecule has 0 unspecified atom stereocenters. The van der Waals surface area contributed by atoms with Crippen LogP contribution in [-0.4, -0.2) is 25.8 Å². The highest BCUT2D eigenvalue weighted by molar-refractivity contribution is 9.10. The van der Waals surface area contributed by atoms with Crippen molar-refractivity contribution in [3.8, 4) is 16.3 Å². The van der Waals surface area contributed by atoms with Gasteiger partial charge in [0.25, 0.3) is 0 Å². The van der Waals surface area contributed by atoms with Crippen molar-refractivity contribution in [1.29, 1.82) is 0 Å². The second-order valence-electron chi connectivity index (χ2n) is 6.22. The van der Waals surface area contributed by atoms with Gasteiger partial charge in [-0.05, 0) is 18.2 Å². The van der Waals surface area contributed by atoms with Crippen molar-refractivity contribution in [3.63, 3.8) is 0 Å². The monoisotopic (exact) mass is 490 g/mol. The molecule has 0 amide bonds. The van der Waals surface area contributed by atoms with Crippen molar-refractivity contribution in [2.75, 3.05) is 7.11 Å². The third kappa shape index (κ3) is 4.14. The van der Waals surface area contributed by atoms with E-state index in [0.717, 1.165) is 23.7 Å². The molecule has 0 N–H and O–H groups in total. The maximum atomic E-state index is 12.8. The van der Waals surface area contributed by atoms with Crippen molar-refractivity contribution in [3.05, 3.63) is 90.5 Å². The number of rotatable bonds is 8. The Hall–Kier alpha value is -2.98. The van der Waals surface area contributed by atoms with E-state index in [2.05, 4.69) is 34.1 Å². The predicted molar refractivity (Wildman–Crippen MR) is 121 cm³/mol. The summed E-state index contributed by atoms with van der Waals surface area (Å²) in [6.07, 6.45) is 2.85. The Morgan fingerprint density at radius 1 is 1.07 bits per heavy atom. The molecule has 30 heavy (non-hydrogen) atoms. The van der Waals surface area contributed by atoms with E-state index in [-0.39, 0.29) is 19.6 Å². The quantitative estimate of drug-likeness (QED) is 0.452. The molecule has 0 spiro atoms. The Bertz CT molecular complexity index is 1240. The van der Waals surface area contributed by atoms with Crippen LogP contribution < -0.4 is 21.8 Å². The molecule has 2 aromatic heterocycles. The van der Waals surface area contributed by atoms with Gasteiger partial charge in [-0.15, -0.1) is 24.5 Å². The Morgan fingerprint density at radius 3 is 2.23 bits per heavy atom. The van der Waals surface area contributed by atoms with Gasteiger partial charge in [0.15, 0.2) is 0 Å². The average Bonchev–Trinajstić information content (AvgIpc) is 3.20. The number of thiazole rings is 1. The molecule has 0 bridgehead atoms. The molecule has 0 aliphatic carbocycles. The summed E-state index contributed by atoms with van der Waals surface area (Å²) < 4.78 is 9.18. The fourth-order valence-electron chi connectivity index (χ4n) is 2.90. The molecule has 8 nitrogen and oxygen atoms in total. The Morgan fingerprint density at radius 2 is 1.67 bits per heavy atom. The molecular formula is C20H19BrN4O4S. The summed E-state index contributed by atoms with van der Waals surface area (Å²) in [6, 6.07) is 5.57. The number of aromatic nitrogens is 4. The van der Waals surface area contributed by atoms with Gasteiger partial charge in [-0.25, -0.2) is 33.1 Å². The minimum absolute atomic E-state index is 0.00730. The fraction of sp³-hybridized carbons (Fsp3) is 0.200. The first kappa shape index (κ1) is 21.7. The summed E-state index contributed by atoms with van der Waals surface area (Å²) in [7, 11) is 1.58. The normalized spacial score (nSPS) is 10.7. The van der Waals surface area contributed by atoms with Crippen LogP contribution in [0.25, 0.3) is 10.6 Å². The van der Waals surface area contributed by atoms with Gasteiger partial charge in [-0.2, -0.15) is 0 Å². The average molecular weight is 491 g/mol. The molecule has 2 heterocycles. The van der Waals surface area contributed by atoms with Crippen LogP contribution in [0.15, 0.2) is 67.7 Å². The molecule has 10 heteroatoms. The van der Waals surface area contributed by atoms with Gasteiger partial charge in [0.1, 0.15) is 10.8 Å². The molecule has 0 saturated heterocycles. The lowest BCUT2D eigenvalue weighted by Gasteiger charge is -2.11. The van der Waals surface area contributed by atoms with Crippen LogP contribution in [0.1, 0.15) is 5.69 Å². The van der Waals surface area contributed by atoms with Crippen LogP contribution in [0.3, 0.4) is 0 Å². The third-order valence-corrected chi connectivity index (χ3v) is 5.69. The lowest BCUT2D eigenvalue weighted by molar-refractivity contribution is 0.416. The minimum Gasteiger partial charge on any atom is -0.496 e. The first-order valence-corrected chi connectivity index (χ1v) is 10.5. The SMILES string of the molecule is C=CCn1c(=O)n(CC=C)c(=O)n(Cc2csc(-c3cc(Br)ccc3OC)n2)c1=O. The smallest absolute Gasteiger partial charge is 0.336 e. The van der Waals surface area contributed by atoms with Crippen molar-refractivity contribution < 1.29 is 4.74 Å². The third-order valence-electron chi connectivity index (χ3n) is 4.27. The van der Waals surface area contributed by atoms with E-state index in [1.807, 2.05) is 18.2 Å². The van der Waals surface area contributed by atoms with E-state index in [1.54, 1.807) is 12.5 Å². The van der Waals surface area contributed by atoms with E-state index in [1.165, 1.54) is 23.5 Å². The van der Waals surface area contributed by atoms with Crippen LogP contribution >= 0.6 is 27.3 Å². The minimum atomic E-state index is -0.709. The lowest BCUT2D eigenvalue weighted by atomic mass is 10.2. The van der Waals surface area contributed by atoms with Gasteiger partial charge in [-0.3, -0.25) is 0 Å². The van der Waals surface area contributed by atoms with Crippen LogP contribution in [0.2, 0.25) is 0 Å². The highest BCUT2D eigenvalue weighted by atomic mass is 79.9. The second kappa shape index (κ2) is 9.23. The van der Waals surface area contributed by atoms with Gasteiger partial charge in [-0.1, -0.05) is 28.1 Å². The van der Waals surface area contributed by atoms with E-state index in [4.69, 9.17) is 4.74 Å². The largest absolute Gasteiger partial charge is 0.496 e. The topological polar surface area (TPSA) is 88.1 Å². The first-order chi connectivity index (χ1) is 14.4. The number of methoxy groups -OCH3 is 1. The van der Waals surface area contributed by atoms with Crippen LogP contribution in [0.4, 0.5) is 0 Å². The van der Waals surface area contributed by atoms with Crippen molar-refractivity contribution in [1.82, 2.24) is 18.7 Å². The summed E-state index contributed by atoms with van der Waals surface area (Å²) in [5, 5.41) is 2.45. The van der Waals surface area contributed by atoms with Crippen molar-refractivity contribution in [2.45, 2.75) is 19.6 Å². The van der Waals surface area contributed by atoms with E-state index in [9.17, 15) is 14.4 Å². The Balaban J connectivity index is 2.08. The number of hydrogen-bond acceptors (Lipinski definition) is 6. The van der Waals surface area contributed by atoms with Crippen molar-refractivity contribution >= 4 is 27.3 Å². The molecule has 0 aliphatic rings. The number of benzene rings is 1. The second-order valence-corrected chi connectivity index (χ2v) is 7.99. The van der Waals surface area contributed by atoms with E-state index < -0.39 is 17.1 Å². The molecule has 0 saturated carbocycles. The van der Waals surface area contributed by atoms with Gasteiger partial charge >= 0.3 is 17.1 Å². The number of hydrogen-bond donors (Lipinski definition) is 0. The number of nitrogens with zero attached hydrogens (tertiary/aromatic N) is 4. The molecule has 0 atom stereocenters. The van der Waals surface area contributed by atoms with Gasteiger partial charge in [0.05, 0.1) is 38.0 Å². The predicted octanol–water partition coefficient (Wildman–Crippen LogP) is 2.49. The van der Waals surface area contributed by atoms with E-state index >= 15 is 0 Å². The van der Waals surface area contributed by atoms with Gasteiger partial charge < -0.3 is 4.74 Å². The van der Waals surface area contributed by atoms with Crippen LogP contribution in [0, 0.1) is 0 Å². The summed E-state index contributed by atoms with van der Waals surface area (Å²) >= 11 is 4.80. The molecule has 1 aromatic carbocycles.